The van der Waals surface area contributed by atoms with Gasteiger partial charge in [0.1, 0.15) is 0 Å². The van der Waals surface area contributed by atoms with E-state index < -0.39 is 0 Å². The largest absolute Gasteiger partial charge is 0.327 e. The van der Waals surface area contributed by atoms with Crippen molar-refractivity contribution >= 4 is 11.6 Å². The van der Waals surface area contributed by atoms with Gasteiger partial charge in [-0.1, -0.05) is 48.4 Å². The van der Waals surface area contributed by atoms with Crippen LogP contribution in [0.1, 0.15) is 36.2 Å². The fourth-order valence-electron chi connectivity index (χ4n) is 3.51. The summed E-state index contributed by atoms with van der Waals surface area (Å²) in [5.74, 6) is 0. The van der Waals surface area contributed by atoms with Gasteiger partial charge in [-0.05, 0) is 25.3 Å². The molecule has 21 heavy (non-hydrogen) atoms. The fourth-order valence-corrected chi connectivity index (χ4v) is 3.74. The number of aryl methyl sites for hydroxylation is 2. The van der Waals surface area contributed by atoms with E-state index in [1.807, 2.05) is 18.7 Å². The van der Waals surface area contributed by atoms with E-state index in [4.69, 9.17) is 17.3 Å². The molecule has 1 aliphatic carbocycles. The first-order valence-electron chi connectivity index (χ1n) is 7.54. The quantitative estimate of drug-likeness (QED) is 0.941. The fraction of sp³-hybridized carbons (Fsp3) is 0.471. The van der Waals surface area contributed by atoms with E-state index in [0.29, 0.717) is 0 Å². The summed E-state index contributed by atoms with van der Waals surface area (Å²) in [6.07, 6.45) is 4.34. The molecule has 2 N–H and O–H groups in total. The number of nitrogens with zero attached hydrogens (tertiary/aromatic N) is 2. The molecule has 0 aliphatic heterocycles. The van der Waals surface area contributed by atoms with Gasteiger partial charge in [0, 0.05) is 24.9 Å². The van der Waals surface area contributed by atoms with Gasteiger partial charge in [-0.3, -0.25) is 4.68 Å². The highest BCUT2D eigenvalue weighted by molar-refractivity contribution is 6.31. The van der Waals surface area contributed by atoms with Crippen LogP contribution in [0.3, 0.4) is 0 Å². The highest BCUT2D eigenvalue weighted by Gasteiger charge is 2.44. The second kappa shape index (κ2) is 5.47. The van der Waals surface area contributed by atoms with Crippen molar-refractivity contribution in [3.63, 3.8) is 0 Å². The summed E-state index contributed by atoms with van der Waals surface area (Å²) in [7, 11) is 1.94. The normalized spacial score (nSPS) is 18.3. The van der Waals surface area contributed by atoms with Crippen LogP contribution >= 0.6 is 11.6 Å². The maximum atomic E-state index is 6.63. The minimum Gasteiger partial charge on any atom is -0.327 e. The highest BCUT2D eigenvalue weighted by atomic mass is 35.5. The molecule has 1 aromatic heterocycles. The van der Waals surface area contributed by atoms with E-state index in [1.54, 1.807) is 0 Å². The molecule has 1 unspecified atom stereocenters. The van der Waals surface area contributed by atoms with Gasteiger partial charge in [0.15, 0.2) is 0 Å². The Bertz CT molecular complexity index is 629. The van der Waals surface area contributed by atoms with E-state index in [0.717, 1.165) is 35.7 Å². The van der Waals surface area contributed by atoms with Crippen molar-refractivity contribution in [2.24, 2.45) is 12.8 Å². The van der Waals surface area contributed by atoms with Crippen LogP contribution in [0.2, 0.25) is 5.02 Å². The number of halogens is 1. The lowest BCUT2D eigenvalue weighted by Crippen LogP contribution is -2.51. The molecule has 112 valence electrons. The molecule has 0 radical (unpaired) electrons. The van der Waals surface area contributed by atoms with E-state index in [2.05, 4.69) is 35.4 Å². The van der Waals surface area contributed by atoms with Crippen LogP contribution in [0, 0.1) is 6.92 Å². The van der Waals surface area contributed by atoms with Crippen molar-refractivity contribution < 1.29 is 0 Å². The first kappa shape index (κ1) is 14.6. The molecule has 1 heterocycles. The zero-order valence-electron chi connectivity index (χ0n) is 12.6. The highest BCUT2D eigenvalue weighted by Crippen LogP contribution is 2.46. The standard InChI is InChI=1S/C17H22ClN3/c1-12-16(18)14(21(2)20-12)11-15(19)17(9-6-10-17)13-7-4-3-5-8-13/h3-5,7-8,15H,6,9-11,19H2,1-2H3. The summed E-state index contributed by atoms with van der Waals surface area (Å²) < 4.78 is 1.87. The number of nitrogens with two attached hydrogens (primary N) is 1. The van der Waals surface area contributed by atoms with Gasteiger partial charge >= 0.3 is 0 Å². The van der Waals surface area contributed by atoms with Crippen LogP contribution in [0.15, 0.2) is 30.3 Å². The Morgan fingerprint density at radius 2 is 2.00 bits per heavy atom. The number of rotatable bonds is 4. The molecule has 3 rings (SSSR count). The summed E-state index contributed by atoms with van der Waals surface area (Å²) in [6.45, 7) is 1.94. The number of aromatic nitrogens is 2. The summed E-state index contributed by atoms with van der Waals surface area (Å²) in [6, 6.07) is 10.7. The molecule has 0 amide bonds. The van der Waals surface area contributed by atoms with Crippen molar-refractivity contribution in [2.75, 3.05) is 0 Å². The predicted molar refractivity (Wildman–Crippen MR) is 86.6 cm³/mol. The topological polar surface area (TPSA) is 43.8 Å². The van der Waals surface area contributed by atoms with Crippen molar-refractivity contribution in [3.05, 3.63) is 52.3 Å². The van der Waals surface area contributed by atoms with Gasteiger partial charge in [-0.15, -0.1) is 0 Å². The molecule has 1 aliphatic rings. The average molecular weight is 304 g/mol. The van der Waals surface area contributed by atoms with Gasteiger partial charge in [-0.25, -0.2) is 0 Å². The maximum Gasteiger partial charge on any atom is 0.0847 e. The van der Waals surface area contributed by atoms with E-state index in [9.17, 15) is 0 Å². The number of hydrogen-bond donors (Lipinski definition) is 1. The monoisotopic (exact) mass is 303 g/mol. The molecule has 0 spiro atoms. The minimum atomic E-state index is 0.0703. The SMILES string of the molecule is Cc1nn(C)c(CC(N)C2(c3ccccc3)CCC2)c1Cl. The smallest absolute Gasteiger partial charge is 0.0847 e. The Morgan fingerprint density at radius 1 is 1.33 bits per heavy atom. The summed E-state index contributed by atoms with van der Waals surface area (Å²) in [5.41, 5.74) is 10.0. The lowest BCUT2D eigenvalue weighted by atomic mass is 9.59. The van der Waals surface area contributed by atoms with Crippen molar-refractivity contribution in [1.29, 1.82) is 0 Å². The second-order valence-electron chi connectivity index (χ2n) is 6.16. The maximum absolute atomic E-state index is 6.63. The van der Waals surface area contributed by atoms with E-state index in [-0.39, 0.29) is 11.5 Å². The third kappa shape index (κ3) is 2.39. The Labute approximate surface area is 131 Å². The van der Waals surface area contributed by atoms with E-state index >= 15 is 0 Å². The van der Waals surface area contributed by atoms with Crippen LogP contribution in [0.25, 0.3) is 0 Å². The van der Waals surface area contributed by atoms with Gasteiger partial charge in [0.2, 0.25) is 0 Å². The molecule has 4 heteroatoms. The zero-order chi connectivity index (χ0) is 15.0. The Morgan fingerprint density at radius 3 is 2.48 bits per heavy atom. The molecule has 1 aromatic carbocycles. The summed E-state index contributed by atoms with van der Waals surface area (Å²) in [5, 5.41) is 5.15. The molecule has 0 saturated heterocycles. The van der Waals surface area contributed by atoms with Crippen molar-refractivity contribution in [1.82, 2.24) is 9.78 Å². The molecule has 0 bridgehead atoms. The molecule has 1 fully saturated rings. The van der Waals surface area contributed by atoms with Crippen LogP contribution in [0.5, 0.6) is 0 Å². The van der Waals surface area contributed by atoms with Crippen molar-refractivity contribution in [3.8, 4) is 0 Å². The minimum absolute atomic E-state index is 0.0703. The van der Waals surface area contributed by atoms with Gasteiger partial charge in [0.05, 0.1) is 16.4 Å². The molecular formula is C17H22ClN3. The first-order valence-corrected chi connectivity index (χ1v) is 7.91. The summed E-state index contributed by atoms with van der Waals surface area (Å²) >= 11 is 6.38. The Balaban J connectivity index is 1.88. The zero-order valence-corrected chi connectivity index (χ0v) is 13.4. The molecule has 2 aromatic rings. The molecule has 1 saturated carbocycles. The van der Waals surface area contributed by atoms with E-state index in [1.165, 1.54) is 12.0 Å². The van der Waals surface area contributed by atoms with Gasteiger partial charge in [-0.2, -0.15) is 5.10 Å². The lowest BCUT2D eigenvalue weighted by molar-refractivity contribution is 0.193. The van der Waals surface area contributed by atoms with Crippen LogP contribution in [-0.4, -0.2) is 15.8 Å². The summed E-state index contributed by atoms with van der Waals surface area (Å²) in [4.78, 5) is 0. The second-order valence-corrected chi connectivity index (χ2v) is 6.53. The van der Waals surface area contributed by atoms with Crippen molar-refractivity contribution in [2.45, 2.75) is 44.1 Å². The van der Waals surface area contributed by atoms with Gasteiger partial charge in [0.25, 0.3) is 0 Å². The Kier molecular flexibility index (Phi) is 3.80. The number of benzene rings is 1. The van der Waals surface area contributed by atoms with Crippen LogP contribution in [0.4, 0.5) is 0 Å². The number of hydrogen-bond acceptors (Lipinski definition) is 2. The first-order chi connectivity index (χ1) is 10.0. The molecule has 3 nitrogen and oxygen atoms in total. The van der Waals surface area contributed by atoms with Gasteiger partial charge < -0.3 is 5.73 Å². The third-order valence-corrected chi connectivity index (χ3v) is 5.47. The molecule has 1 atom stereocenters. The van der Waals surface area contributed by atoms with Crippen LogP contribution in [-0.2, 0) is 18.9 Å². The predicted octanol–water partition coefficient (Wildman–Crippen LogP) is 3.37. The van der Waals surface area contributed by atoms with Crippen LogP contribution < -0.4 is 5.73 Å². The average Bonchev–Trinajstić information content (AvgIpc) is 2.65. The third-order valence-electron chi connectivity index (χ3n) is 4.98. The lowest BCUT2D eigenvalue weighted by Gasteiger charge is -2.47. The Hall–Kier alpha value is -1.32. The molecular weight excluding hydrogens is 282 g/mol.